The second-order valence-corrected chi connectivity index (χ2v) is 6.11. The van der Waals surface area contributed by atoms with Crippen LogP contribution < -0.4 is 11.5 Å². The van der Waals surface area contributed by atoms with Crippen LogP contribution in [-0.4, -0.2) is 5.84 Å². The van der Waals surface area contributed by atoms with Gasteiger partial charge in [-0.1, -0.05) is 34.1 Å². The highest BCUT2D eigenvalue weighted by Gasteiger charge is 2.37. The average Bonchev–Trinajstić information content (AvgIpc) is 3.31. The minimum atomic E-state index is -0.247. The molecule has 0 bridgehead atoms. The quantitative estimate of drug-likeness (QED) is 0.865. The maximum Gasteiger partial charge on any atom is 0.129 e. The van der Waals surface area contributed by atoms with E-state index >= 15 is 0 Å². The van der Waals surface area contributed by atoms with E-state index in [1.807, 2.05) is 24.3 Å². The first kappa shape index (κ1) is 13.9. The number of benzene rings is 1. The molecule has 4 nitrogen and oxygen atoms in total. The summed E-state index contributed by atoms with van der Waals surface area (Å²) in [7, 11) is 0. The third-order valence-electron chi connectivity index (χ3n) is 3.89. The Bertz CT molecular complexity index is 720. The number of rotatable bonds is 2. The van der Waals surface area contributed by atoms with Gasteiger partial charge in [-0.3, -0.25) is 0 Å². The first-order chi connectivity index (χ1) is 10.2. The number of nitriles is 1. The van der Waals surface area contributed by atoms with E-state index < -0.39 is 0 Å². The van der Waals surface area contributed by atoms with E-state index in [0.29, 0.717) is 22.9 Å². The Hall–Kier alpha value is -2.06. The fourth-order valence-electron chi connectivity index (χ4n) is 2.71. The second-order valence-electron chi connectivity index (χ2n) is 5.26. The molecule has 5 heteroatoms. The van der Waals surface area contributed by atoms with Gasteiger partial charge >= 0.3 is 0 Å². The Morgan fingerprint density at radius 1 is 1.33 bits per heavy atom. The van der Waals surface area contributed by atoms with Crippen LogP contribution in [0.5, 0.6) is 0 Å². The van der Waals surface area contributed by atoms with E-state index in [0.717, 1.165) is 28.6 Å². The summed E-state index contributed by atoms with van der Waals surface area (Å²) in [6.45, 7) is 0. The molecule has 0 saturated heterocycles. The minimum Gasteiger partial charge on any atom is -0.404 e. The number of aliphatic imine (C=N–C) groups is 1. The van der Waals surface area contributed by atoms with Crippen LogP contribution in [0.4, 0.5) is 0 Å². The smallest absolute Gasteiger partial charge is 0.129 e. The highest BCUT2D eigenvalue weighted by Crippen LogP contribution is 2.47. The standard InChI is InChI=1S/C16H15BrN4/c17-13-4-2-1-3-10(13)14-11(7-18)15(9-5-6-9)21-16(20)12(14)8-19/h1-4,8-9,14H,5-6,19H2,(H2,20,21)/b12-8-. The van der Waals surface area contributed by atoms with Crippen molar-refractivity contribution in [3.8, 4) is 6.07 Å². The topological polar surface area (TPSA) is 88.2 Å². The molecular weight excluding hydrogens is 328 g/mol. The summed E-state index contributed by atoms with van der Waals surface area (Å²) in [4.78, 5) is 4.44. The van der Waals surface area contributed by atoms with Crippen molar-refractivity contribution >= 4 is 21.8 Å². The maximum atomic E-state index is 9.66. The van der Waals surface area contributed by atoms with Gasteiger partial charge in [-0.05, 0) is 24.5 Å². The molecule has 2 aliphatic rings. The zero-order chi connectivity index (χ0) is 15.0. The fraction of sp³-hybridized carbons (Fsp3) is 0.250. The molecule has 1 aliphatic carbocycles. The molecule has 0 aromatic heterocycles. The number of allylic oxidation sites excluding steroid dienone is 2. The Morgan fingerprint density at radius 2 is 2.05 bits per heavy atom. The molecule has 106 valence electrons. The zero-order valence-corrected chi connectivity index (χ0v) is 13.0. The lowest BCUT2D eigenvalue weighted by atomic mass is 9.81. The third-order valence-corrected chi connectivity index (χ3v) is 4.61. The normalized spacial score (nSPS) is 23.9. The zero-order valence-electron chi connectivity index (χ0n) is 11.4. The van der Waals surface area contributed by atoms with Gasteiger partial charge in [0.2, 0.25) is 0 Å². The van der Waals surface area contributed by atoms with Gasteiger partial charge in [0.25, 0.3) is 0 Å². The largest absolute Gasteiger partial charge is 0.404 e. The van der Waals surface area contributed by atoms with Crippen LogP contribution in [0, 0.1) is 17.2 Å². The van der Waals surface area contributed by atoms with Crippen molar-refractivity contribution in [1.29, 1.82) is 5.26 Å². The second kappa shape index (κ2) is 5.38. The predicted octanol–water partition coefficient (Wildman–Crippen LogP) is 2.93. The summed E-state index contributed by atoms with van der Waals surface area (Å²) in [6.07, 6.45) is 3.60. The maximum absolute atomic E-state index is 9.66. The number of amidine groups is 1. The van der Waals surface area contributed by atoms with Crippen molar-refractivity contribution in [2.75, 3.05) is 0 Å². The molecule has 1 heterocycles. The number of nitrogens with two attached hydrogens (primary N) is 2. The SMILES string of the molecule is N#CC1=C(C2CC2)N=C(N)/C(=C\N)C1c1ccccc1Br. The van der Waals surface area contributed by atoms with Crippen LogP contribution in [0.1, 0.15) is 24.3 Å². The van der Waals surface area contributed by atoms with Crippen LogP contribution in [0.25, 0.3) is 0 Å². The third kappa shape index (κ3) is 2.36. The Kier molecular flexibility index (Phi) is 3.56. The Labute approximate surface area is 132 Å². The molecule has 1 aromatic rings. The van der Waals surface area contributed by atoms with Crippen LogP contribution in [0.3, 0.4) is 0 Å². The van der Waals surface area contributed by atoms with Crippen molar-refractivity contribution in [3.05, 3.63) is 57.3 Å². The Morgan fingerprint density at radius 3 is 2.62 bits per heavy atom. The van der Waals surface area contributed by atoms with Gasteiger partial charge in [0.05, 0.1) is 23.3 Å². The molecule has 4 N–H and O–H groups in total. The van der Waals surface area contributed by atoms with Gasteiger partial charge in [-0.25, -0.2) is 4.99 Å². The summed E-state index contributed by atoms with van der Waals surface area (Å²) in [5.41, 5.74) is 15.0. The molecule has 3 rings (SSSR count). The number of hydrogen-bond acceptors (Lipinski definition) is 4. The van der Waals surface area contributed by atoms with Gasteiger partial charge in [-0.15, -0.1) is 0 Å². The van der Waals surface area contributed by atoms with Gasteiger partial charge in [0.15, 0.2) is 0 Å². The van der Waals surface area contributed by atoms with Crippen LogP contribution >= 0.6 is 15.9 Å². The molecule has 1 fully saturated rings. The van der Waals surface area contributed by atoms with Gasteiger partial charge in [-0.2, -0.15) is 5.26 Å². The summed E-state index contributed by atoms with van der Waals surface area (Å²) < 4.78 is 0.937. The molecular formula is C16H15BrN4. The van der Waals surface area contributed by atoms with E-state index in [9.17, 15) is 5.26 Å². The van der Waals surface area contributed by atoms with Gasteiger partial charge < -0.3 is 11.5 Å². The summed E-state index contributed by atoms with van der Waals surface area (Å²) in [6, 6.07) is 10.2. The lowest BCUT2D eigenvalue weighted by Gasteiger charge is -2.26. The molecule has 1 aromatic carbocycles. The predicted molar refractivity (Wildman–Crippen MR) is 86.1 cm³/mol. The molecule has 0 amide bonds. The fourth-order valence-corrected chi connectivity index (χ4v) is 3.22. The molecule has 1 aliphatic heterocycles. The lowest BCUT2D eigenvalue weighted by molar-refractivity contribution is 0.862. The molecule has 1 atom stereocenters. The molecule has 0 radical (unpaired) electrons. The highest BCUT2D eigenvalue weighted by molar-refractivity contribution is 9.10. The minimum absolute atomic E-state index is 0.247. The number of hydrogen-bond donors (Lipinski definition) is 2. The first-order valence-corrected chi connectivity index (χ1v) is 7.61. The summed E-state index contributed by atoms with van der Waals surface area (Å²) in [5, 5.41) is 9.66. The Balaban J connectivity index is 2.22. The van der Waals surface area contributed by atoms with Crippen molar-refractivity contribution in [2.45, 2.75) is 18.8 Å². The van der Waals surface area contributed by atoms with E-state index in [1.54, 1.807) is 0 Å². The van der Waals surface area contributed by atoms with E-state index in [4.69, 9.17) is 11.5 Å². The van der Waals surface area contributed by atoms with Crippen LogP contribution in [-0.2, 0) is 0 Å². The van der Waals surface area contributed by atoms with E-state index in [2.05, 4.69) is 27.0 Å². The molecule has 1 saturated carbocycles. The van der Waals surface area contributed by atoms with Crippen molar-refractivity contribution in [3.63, 3.8) is 0 Å². The van der Waals surface area contributed by atoms with Crippen molar-refractivity contribution in [1.82, 2.24) is 0 Å². The van der Waals surface area contributed by atoms with Crippen LogP contribution in [0.15, 0.2) is 56.8 Å². The van der Waals surface area contributed by atoms with Gasteiger partial charge in [0.1, 0.15) is 5.84 Å². The van der Waals surface area contributed by atoms with Crippen LogP contribution in [0.2, 0.25) is 0 Å². The summed E-state index contributed by atoms with van der Waals surface area (Å²) in [5.74, 6) is 0.533. The van der Waals surface area contributed by atoms with Gasteiger partial charge in [0, 0.05) is 22.2 Å². The van der Waals surface area contributed by atoms with E-state index in [-0.39, 0.29) is 5.92 Å². The van der Waals surface area contributed by atoms with Crippen molar-refractivity contribution in [2.24, 2.45) is 22.4 Å². The monoisotopic (exact) mass is 342 g/mol. The first-order valence-electron chi connectivity index (χ1n) is 6.82. The van der Waals surface area contributed by atoms with Crippen molar-refractivity contribution < 1.29 is 0 Å². The lowest BCUT2D eigenvalue weighted by Crippen LogP contribution is -2.27. The summed E-state index contributed by atoms with van der Waals surface area (Å²) >= 11 is 3.56. The van der Waals surface area contributed by atoms with E-state index in [1.165, 1.54) is 6.20 Å². The number of halogens is 1. The average molecular weight is 343 g/mol. The highest BCUT2D eigenvalue weighted by atomic mass is 79.9. The number of nitrogens with zero attached hydrogens (tertiary/aromatic N) is 2. The molecule has 0 spiro atoms. The molecule has 21 heavy (non-hydrogen) atoms. The molecule has 1 unspecified atom stereocenters.